The Morgan fingerprint density at radius 2 is 2.25 bits per heavy atom. The summed E-state index contributed by atoms with van der Waals surface area (Å²) in [5.74, 6) is 0.0837. The highest BCUT2D eigenvalue weighted by Gasteiger charge is 2.33. The van der Waals surface area contributed by atoms with Crippen LogP contribution in [0.3, 0.4) is 0 Å². The number of thioether (sulfide) groups is 1. The molecule has 0 saturated heterocycles. The molecular weight excluding hydrogens is 294 g/mol. The molecular formula is C14H16ClN3OS. The first-order valence-corrected chi connectivity index (χ1v) is 7.97. The number of carbonyl (C=O) groups is 1. The van der Waals surface area contributed by atoms with Gasteiger partial charge in [-0.15, -0.1) is 0 Å². The van der Waals surface area contributed by atoms with Gasteiger partial charge in [-0.05, 0) is 25.0 Å². The molecule has 1 N–H and O–H groups in total. The first kappa shape index (κ1) is 15.1. The number of carbonyl (C=O) groups excluding carboxylic acids is 1. The Labute approximate surface area is 127 Å². The minimum atomic E-state index is -0.677. The third-order valence-corrected chi connectivity index (χ3v) is 4.79. The van der Waals surface area contributed by atoms with Crippen molar-refractivity contribution in [1.82, 2.24) is 10.3 Å². The SMILES string of the molecule is N#CC1(NC(=O)CSc2ncccc2Cl)CCCCC1. The Bertz CT molecular complexity index is 523. The summed E-state index contributed by atoms with van der Waals surface area (Å²) in [5, 5.41) is 13.4. The molecule has 1 fully saturated rings. The van der Waals surface area contributed by atoms with Gasteiger partial charge in [0.05, 0.1) is 16.8 Å². The van der Waals surface area contributed by atoms with Crippen LogP contribution in [-0.2, 0) is 4.79 Å². The minimum absolute atomic E-state index is 0.139. The summed E-state index contributed by atoms with van der Waals surface area (Å²) in [4.78, 5) is 16.1. The highest BCUT2D eigenvalue weighted by atomic mass is 35.5. The van der Waals surface area contributed by atoms with E-state index in [4.69, 9.17) is 11.6 Å². The maximum atomic E-state index is 12.0. The first-order chi connectivity index (χ1) is 9.65. The minimum Gasteiger partial charge on any atom is -0.337 e. The second-order valence-corrected chi connectivity index (χ2v) is 6.25. The van der Waals surface area contributed by atoms with Crippen LogP contribution in [0.15, 0.2) is 23.4 Å². The zero-order valence-corrected chi connectivity index (χ0v) is 12.6. The molecule has 1 aliphatic carbocycles. The van der Waals surface area contributed by atoms with Crippen LogP contribution in [0.2, 0.25) is 5.02 Å². The number of rotatable bonds is 4. The Morgan fingerprint density at radius 1 is 1.50 bits per heavy atom. The van der Waals surface area contributed by atoms with Crippen LogP contribution in [0, 0.1) is 11.3 Å². The molecule has 1 amide bonds. The van der Waals surface area contributed by atoms with Gasteiger partial charge in [-0.3, -0.25) is 4.79 Å². The molecule has 0 atom stereocenters. The van der Waals surface area contributed by atoms with Crippen LogP contribution >= 0.6 is 23.4 Å². The highest BCUT2D eigenvalue weighted by molar-refractivity contribution is 8.00. The van der Waals surface area contributed by atoms with Crippen molar-refractivity contribution in [1.29, 1.82) is 5.26 Å². The Morgan fingerprint density at radius 3 is 2.90 bits per heavy atom. The van der Waals surface area contributed by atoms with E-state index in [1.54, 1.807) is 18.3 Å². The Kier molecular flexibility index (Phi) is 5.27. The molecule has 1 aromatic heterocycles. The predicted octanol–water partition coefficient (Wildman–Crippen LogP) is 3.17. The van der Waals surface area contributed by atoms with Crippen LogP contribution < -0.4 is 5.32 Å². The predicted molar refractivity (Wildman–Crippen MR) is 79.5 cm³/mol. The van der Waals surface area contributed by atoms with Gasteiger partial charge >= 0.3 is 0 Å². The van der Waals surface area contributed by atoms with Crippen molar-refractivity contribution < 1.29 is 4.79 Å². The normalized spacial score (nSPS) is 17.2. The topological polar surface area (TPSA) is 65.8 Å². The molecule has 1 saturated carbocycles. The lowest BCUT2D eigenvalue weighted by Gasteiger charge is -2.31. The fourth-order valence-corrected chi connectivity index (χ4v) is 3.30. The van der Waals surface area contributed by atoms with Crippen LogP contribution in [0.25, 0.3) is 0 Å². The molecule has 0 unspecified atom stereocenters. The van der Waals surface area contributed by atoms with Crippen LogP contribution in [0.1, 0.15) is 32.1 Å². The van der Waals surface area contributed by atoms with Gasteiger partial charge in [0.1, 0.15) is 10.6 Å². The van der Waals surface area contributed by atoms with Gasteiger partial charge in [0.25, 0.3) is 0 Å². The summed E-state index contributed by atoms with van der Waals surface area (Å²) in [5.41, 5.74) is -0.677. The summed E-state index contributed by atoms with van der Waals surface area (Å²) in [6.45, 7) is 0. The number of nitrogens with zero attached hydrogens (tertiary/aromatic N) is 2. The zero-order chi connectivity index (χ0) is 14.4. The molecule has 1 aliphatic rings. The van der Waals surface area contributed by atoms with Crippen molar-refractivity contribution in [3.63, 3.8) is 0 Å². The van der Waals surface area contributed by atoms with Crippen LogP contribution in [0.4, 0.5) is 0 Å². The molecule has 2 rings (SSSR count). The van der Waals surface area contributed by atoms with Gasteiger partial charge in [0.2, 0.25) is 5.91 Å². The van der Waals surface area contributed by atoms with E-state index >= 15 is 0 Å². The second kappa shape index (κ2) is 6.96. The molecule has 0 radical (unpaired) electrons. The molecule has 0 aliphatic heterocycles. The molecule has 20 heavy (non-hydrogen) atoms. The largest absolute Gasteiger partial charge is 0.337 e. The van der Waals surface area contributed by atoms with Crippen LogP contribution in [-0.4, -0.2) is 22.2 Å². The molecule has 4 nitrogen and oxygen atoms in total. The maximum absolute atomic E-state index is 12.0. The number of amides is 1. The van der Waals surface area contributed by atoms with Crippen LogP contribution in [0.5, 0.6) is 0 Å². The fourth-order valence-electron chi connectivity index (χ4n) is 2.33. The van der Waals surface area contributed by atoms with Crippen molar-refractivity contribution in [2.75, 3.05) is 5.75 Å². The summed E-state index contributed by atoms with van der Waals surface area (Å²) in [7, 11) is 0. The van der Waals surface area contributed by atoms with Crippen molar-refractivity contribution in [2.45, 2.75) is 42.7 Å². The molecule has 0 bridgehead atoms. The Balaban J connectivity index is 1.89. The van der Waals surface area contributed by atoms with E-state index in [1.807, 2.05) is 0 Å². The monoisotopic (exact) mass is 309 g/mol. The third-order valence-electron chi connectivity index (χ3n) is 3.36. The summed E-state index contributed by atoms with van der Waals surface area (Å²) in [6.07, 6.45) is 6.25. The van der Waals surface area contributed by atoms with E-state index < -0.39 is 5.54 Å². The van der Waals surface area contributed by atoms with Gasteiger partial charge in [0.15, 0.2) is 0 Å². The van der Waals surface area contributed by atoms with E-state index in [9.17, 15) is 10.1 Å². The van der Waals surface area contributed by atoms with Gasteiger partial charge in [0, 0.05) is 6.20 Å². The van der Waals surface area contributed by atoms with Gasteiger partial charge in [-0.2, -0.15) is 5.26 Å². The average Bonchev–Trinajstić information content (AvgIpc) is 2.47. The summed E-state index contributed by atoms with van der Waals surface area (Å²) >= 11 is 7.28. The quantitative estimate of drug-likeness (QED) is 0.868. The van der Waals surface area contributed by atoms with Crippen molar-refractivity contribution >= 4 is 29.3 Å². The third kappa shape index (κ3) is 3.87. The van der Waals surface area contributed by atoms with E-state index in [-0.39, 0.29) is 11.7 Å². The molecule has 1 heterocycles. The summed E-state index contributed by atoms with van der Waals surface area (Å²) in [6, 6.07) is 5.77. The molecule has 1 aromatic rings. The molecule has 106 valence electrons. The van der Waals surface area contributed by atoms with E-state index in [1.165, 1.54) is 11.8 Å². The first-order valence-electron chi connectivity index (χ1n) is 6.61. The maximum Gasteiger partial charge on any atom is 0.231 e. The lowest BCUT2D eigenvalue weighted by molar-refractivity contribution is -0.120. The molecule has 0 spiro atoms. The average molecular weight is 310 g/mol. The highest BCUT2D eigenvalue weighted by Crippen LogP contribution is 2.28. The van der Waals surface area contributed by atoms with E-state index in [0.717, 1.165) is 32.1 Å². The number of halogens is 1. The van der Waals surface area contributed by atoms with Gasteiger partial charge in [-0.25, -0.2) is 4.98 Å². The van der Waals surface area contributed by atoms with Crippen molar-refractivity contribution in [3.8, 4) is 6.07 Å². The number of hydrogen-bond donors (Lipinski definition) is 1. The molecule has 6 heteroatoms. The smallest absolute Gasteiger partial charge is 0.231 e. The lowest BCUT2D eigenvalue weighted by Crippen LogP contribution is -2.49. The fraction of sp³-hybridized carbons (Fsp3) is 0.500. The number of nitriles is 1. The number of nitrogens with one attached hydrogen (secondary N) is 1. The van der Waals surface area contributed by atoms with Gasteiger partial charge in [-0.1, -0.05) is 42.6 Å². The Hall–Kier alpha value is -1.25. The second-order valence-electron chi connectivity index (χ2n) is 4.88. The zero-order valence-electron chi connectivity index (χ0n) is 11.1. The number of pyridine rings is 1. The lowest BCUT2D eigenvalue weighted by atomic mass is 9.83. The van der Waals surface area contributed by atoms with E-state index in [0.29, 0.717) is 10.0 Å². The number of aromatic nitrogens is 1. The number of hydrogen-bond acceptors (Lipinski definition) is 4. The van der Waals surface area contributed by atoms with Crippen molar-refractivity contribution in [2.24, 2.45) is 0 Å². The van der Waals surface area contributed by atoms with Crippen molar-refractivity contribution in [3.05, 3.63) is 23.4 Å². The standard InChI is InChI=1S/C14H16ClN3OS/c15-11-5-4-8-17-13(11)20-9-12(19)18-14(10-16)6-2-1-3-7-14/h4-5,8H,1-3,6-7,9H2,(H,18,19). The van der Waals surface area contributed by atoms with Gasteiger partial charge < -0.3 is 5.32 Å². The molecule has 0 aromatic carbocycles. The van der Waals surface area contributed by atoms with E-state index in [2.05, 4.69) is 16.4 Å². The summed E-state index contributed by atoms with van der Waals surface area (Å²) < 4.78 is 0.